The molecule has 1 aliphatic rings. The van der Waals surface area contributed by atoms with Crippen LogP contribution in [0.3, 0.4) is 0 Å². The van der Waals surface area contributed by atoms with E-state index in [0.717, 1.165) is 0 Å². The second-order valence-electron chi connectivity index (χ2n) is 7.86. The molecule has 2 heterocycles. The minimum atomic E-state index is -4.99. The normalized spacial score (nSPS) is 18.4. The predicted octanol–water partition coefficient (Wildman–Crippen LogP) is 3.49. The Labute approximate surface area is 163 Å². The summed E-state index contributed by atoms with van der Waals surface area (Å²) < 4.78 is 79.3. The fourth-order valence-corrected chi connectivity index (χ4v) is 3.48. The molecule has 162 valence electrons. The molecule has 1 fully saturated rings. The van der Waals surface area contributed by atoms with Crippen molar-refractivity contribution in [3.63, 3.8) is 0 Å². The van der Waals surface area contributed by atoms with Crippen molar-refractivity contribution < 1.29 is 31.4 Å². The van der Waals surface area contributed by atoms with E-state index in [0.29, 0.717) is 32.2 Å². The summed E-state index contributed by atoms with van der Waals surface area (Å²) in [6.07, 6.45) is -10.6. The highest BCUT2D eigenvalue weighted by molar-refractivity contribution is 5.81. The molecule has 1 aromatic heterocycles. The van der Waals surface area contributed by atoms with Crippen LogP contribution in [0, 0.1) is 0 Å². The number of hydrogen-bond acceptors (Lipinski definition) is 4. The molecule has 1 aromatic carbocycles. The van der Waals surface area contributed by atoms with E-state index < -0.39 is 40.6 Å². The van der Waals surface area contributed by atoms with Gasteiger partial charge in [0.15, 0.2) is 0 Å². The lowest BCUT2D eigenvalue weighted by Gasteiger charge is -2.35. The molecular weight excluding hydrogens is 402 g/mol. The van der Waals surface area contributed by atoms with E-state index in [2.05, 4.69) is 15.3 Å². The second-order valence-corrected chi connectivity index (χ2v) is 7.86. The predicted molar refractivity (Wildman–Crippen MR) is 94.2 cm³/mol. The lowest BCUT2D eigenvalue weighted by atomic mass is 9.87. The van der Waals surface area contributed by atoms with Gasteiger partial charge < -0.3 is 15.4 Å². The second kappa shape index (κ2) is 7.44. The Morgan fingerprint density at radius 2 is 1.69 bits per heavy atom. The summed E-state index contributed by atoms with van der Waals surface area (Å²) in [5.41, 5.74) is -4.64. The number of aromatic nitrogens is 2. The van der Waals surface area contributed by atoms with Crippen LogP contribution in [0.4, 0.5) is 26.3 Å². The van der Waals surface area contributed by atoms with Gasteiger partial charge >= 0.3 is 12.4 Å². The van der Waals surface area contributed by atoms with E-state index >= 15 is 0 Å². The maximum atomic E-state index is 13.4. The molecule has 0 spiro atoms. The topological polar surface area (TPSA) is 64.2 Å². The average molecular weight is 424 g/mol. The summed E-state index contributed by atoms with van der Waals surface area (Å²) >= 11 is 0. The third kappa shape index (κ3) is 4.67. The first kappa shape index (κ1) is 21.8. The molecule has 0 amide bonds. The molecule has 1 unspecified atom stereocenters. The van der Waals surface area contributed by atoms with Crippen molar-refractivity contribution in [1.82, 2.24) is 20.2 Å². The number of aliphatic hydroxyl groups is 1. The SMILES string of the molecule is CC(C)(CC(O)N1CCNCC1)c1nc2c(C(F)(F)F)cc(C(F)(F)F)cc2[nH]1. The third-order valence-corrected chi connectivity index (χ3v) is 5.13. The minimum absolute atomic E-state index is 0.0789. The number of imidazole rings is 1. The number of H-pyrrole nitrogens is 1. The first-order chi connectivity index (χ1) is 13.3. The van der Waals surface area contributed by atoms with Crippen molar-refractivity contribution in [2.75, 3.05) is 26.2 Å². The van der Waals surface area contributed by atoms with Crippen molar-refractivity contribution >= 4 is 11.0 Å². The average Bonchev–Trinajstić information content (AvgIpc) is 3.04. The maximum Gasteiger partial charge on any atom is 0.418 e. The van der Waals surface area contributed by atoms with E-state index in [4.69, 9.17) is 0 Å². The van der Waals surface area contributed by atoms with Crippen LogP contribution in [-0.4, -0.2) is 52.4 Å². The Kier molecular flexibility index (Phi) is 5.61. The van der Waals surface area contributed by atoms with Crippen molar-refractivity contribution in [2.24, 2.45) is 0 Å². The van der Waals surface area contributed by atoms with Gasteiger partial charge in [-0.25, -0.2) is 4.98 Å². The molecule has 3 rings (SSSR count). The van der Waals surface area contributed by atoms with Gasteiger partial charge in [-0.05, 0) is 18.6 Å². The summed E-state index contributed by atoms with van der Waals surface area (Å²) in [7, 11) is 0. The van der Waals surface area contributed by atoms with E-state index in [1.165, 1.54) is 0 Å². The van der Waals surface area contributed by atoms with Crippen LogP contribution in [0.2, 0.25) is 0 Å². The van der Waals surface area contributed by atoms with E-state index in [1.807, 2.05) is 4.90 Å². The van der Waals surface area contributed by atoms with E-state index in [9.17, 15) is 31.4 Å². The zero-order valence-electron chi connectivity index (χ0n) is 15.9. The van der Waals surface area contributed by atoms with Crippen LogP contribution >= 0.6 is 0 Å². The number of aliphatic hydroxyl groups excluding tert-OH is 1. The highest BCUT2D eigenvalue weighted by atomic mass is 19.4. The van der Waals surface area contributed by atoms with Gasteiger partial charge in [0, 0.05) is 31.6 Å². The third-order valence-electron chi connectivity index (χ3n) is 5.13. The fourth-order valence-electron chi connectivity index (χ4n) is 3.48. The van der Waals surface area contributed by atoms with Gasteiger partial charge in [-0.3, -0.25) is 4.90 Å². The van der Waals surface area contributed by atoms with Gasteiger partial charge in [-0.2, -0.15) is 26.3 Å². The summed E-state index contributed by atoms with van der Waals surface area (Å²) in [5, 5.41) is 13.7. The van der Waals surface area contributed by atoms with Crippen molar-refractivity contribution in [2.45, 2.75) is 44.3 Å². The zero-order chi connectivity index (χ0) is 21.6. The number of alkyl halides is 6. The first-order valence-corrected chi connectivity index (χ1v) is 9.10. The van der Waals surface area contributed by atoms with Crippen LogP contribution in [-0.2, 0) is 17.8 Å². The summed E-state index contributed by atoms with van der Waals surface area (Å²) in [5.74, 6) is 0.0894. The van der Waals surface area contributed by atoms with Crippen LogP contribution in [0.25, 0.3) is 11.0 Å². The summed E-state index contributed by atoms with van der Waals surface area (Å²) in [6.45, 7) is 5.99. The smallest absolute Gasteiger partial charge is 0.378 e. The Morgan fingerprint density at radius 1 is 1.07 bits per heavy atom. The number of hydrogen-bond donors (Lipinski definition) is 3. The van der Waals surface area contributed by atoms with Crippen LogP contribution in [0.1, 0.15) is 37.2 Å². The highest BCUT2D eigenvalue weighted by Crippen LogP contribution is 2.40. The quantitative estimate of drug-likeness (QED) is 0.658. The Morgan fingerprint density at radius 3 is 2.24 bits per heavy atom. The largest absolute Gasteiger partial charge is 0.418 e. The van der Waals surface area contributed by atoms with Crippen molar-refractivity contribution in [3.05, 3.63) is 29.1 Å². The summed E-state index contributed by atoms with van der Waals surface area (Å²) in [6, 6.07) is 0.708. The van der Waals surface area contributed by atoms with Gasteiger partial charge in [-0.1, -0.05) is 13.8 Å². The molecular formula is C18H22F6N4O. The lowest BCUT2D eigenvalue weighted by Crippen LogP contribution is -2.49. The van der Waals surface area contributed by atoms with Gasteiger partial charge in [-0.15, -0.1) is 0 Å². The van der Waals surface area contributed by atoms with Gasteiger partial charge in [0.05, 0.1) is 16.6 Å². The molecule has 5 nitrogen and oxygen atoms in total. The van der Waals surface area contributed by atoms with Gasteiger partial charge in [0.1, 0.15) is 17.6 Å². The number of aromatic amines is 1. The number of fused-ring (bicyclic) bond motifs is 1. The summed E-state index contributed by atoms with van der Waals surface area (Å²) in [4.78, 5) is 8.44. The molecule has 0 bridgehead atoms. The standard InChI is InChI=1S/C18H22F6N4O/c1-16(2,9-13(29)28-5-3-25-4-6-28)15-26-12-8-10(17(19,20)21)7-11(14(12)27-15)18(22,23)24/h7-8,13,25,29H,3-6,9H2,1-2H3,(H,26,27). The molecule has 29 heavy (non-hydrogen) atoms. The number of nitrogens with zero attached hydrogens (tertiary/aromatic N) is 2. The van der Waals surface area contributed by atoms with Crippen LogP contribution in [0.5, 0.6) is 0 Å². The Hall–Kier alpha value is -1.85. The minimum Gasteiger partial charge on any atom is -0.378 e. The van der Waals surface area contributed by atoms with Gasteiger partial charge in [0.25, 0.3) is 0 Å². The molecule has 0 radical (unpaired) electrons. The monoisotopic (exact) mass is 424 g/mol. The molecule has 11 heteroatoms. The number of benzene rings is 1. The van der Waals surface area contributed by atoms with E-state index in [1.54, 1.807) is 13.8 Å². The molecule has 1 saturated heterocycles. The van der Waals surface area contributed by atoms with Crippen LogP contribution < -0.4 is 5.32 Å². The number of piperazine rings is 1. The fraction of sp³-hybridized carbons (Fsp3) is 0.611. The van der Waals surface area contributed by atoms with Crippen molar-refractivity contribution in [3.8, 4) is 0 Å². The lowest BCUT2D eigenvalue weighted by molar-refractivity contribution is -0.142. The molecule has 3 N–H and O–H groups in total. The molecule has 2 aromatic rings. The Bertz CT molecular complexity index is 868. The van der Waals surface area contributed by atoms with Crippen molar-refractivity contribution in [1.29, 1.82) is 0 Å². The highest BCUT2D eigenvalue weighted by Gasteiger charge is 2.40. The van der Waals surface area contributed by atoms with Crippen LogP contribution in [0.15, 0.2) is 12.1 Å². The zero-order valence-corrected chi connectivity index (χ0v) is 15.9. The molecule has 0 saturated carbocycles. The maximum absolute atomic E-state index is 13.4. The first-order valence-electron chi connectivity index (χ1n) is 9.10. The number of nitrogens with one attached hydrogen (secondary N) is 2. The molecule has 1 atom stereocenters. The molecule has 0 aliphatic carbocycles. The molecule has 1 aliphatic heterocycles. The van der Waals surface area contributed by atoms with Gasteiger partial charge in [0.2, 0.25) is 0 Å². The number of halogens is 6. The number of rotatable bonds is 4. The van der Waals surface area contributed by atoms with E-state index in [-0.39, 0.29) is 23.8 Å². The Balaban J connectivity index is 1.99.